The van der Waals surface area contributed by atoms with Crippen LogP contribution in [0.2, 0.25) is 0 Å². The van der Waals surface area contributed by atoms with Crippen molar-refractivity contribution in [3.8, 4) is 0 Å². The Kier molecular flexibility index (Phi) is 6.48. The Bertz CT molecular complexity index is 183. The lowest BCUT2D eigenvalue weighted by atomic mass is 10.4. The molecule has 0 aromatic carbocycles. The minimum absolute atomic E-state index is 0.278. The molecule has 0 radical (unpaired) electrons. The van der Waals surface area contributed by atoms with Crippen molar-refractivity contribution in [2.75, 3.05) is 6.61 Å². The summed E-state index contributed by atoms with van der Waals surface area (Å²) in [7, 11) is 0. The first-order valence-electron chi connectivity index (χ1n) is 3.77. The van der Waals surface area contributed by atoms with Gasteiger partial charge in [0.2, 0.25) is 0 Å². The van der Waals surface area contributed by atoms with Gasteiger partial charge in [0.1, 0.15) is 12.0 Å². The lowest BCUT2D eigenvalue weighted by Crippen LogP contribution is -2.14. The number of carbonyl (C=O) groups is 1. The Balaban J connectivity index is 3.50. The molecule has 0 saturated carbocycles. The van der Waals surface area contributed by atoms with Gasteiger partial charge in [0.05, 0.1) is 0 Å². The molecule has 0 N–H and O–H groups in total. The van der Waals surface area contributed by atoms with E-state index in [-0.39, 0.29) is 12.6 Å². The third-order valence-corrected chi connectivity index (χ3v) is 1.26. The Labute approximate surface area is 77.9 Å². The van der Waals surface area contributed by atoms with Crippen molar-refractivity contribution in [3.63, 3.8) is 0 Å². The largest absolute Gasteiger partial charge is 0.460 e. The van der Waals surface area contributed by atoms with E-state index >= 15 is 0 Å². The highest BCUT2D eigenvalue weighted by atomic mass is 35.5. The summed E-state index contributed by atoms with van der Waals surface area (Å²) < 4.78 is 4.76. The molecule has 12 heavy (non-hydrogen) atoms. The average Bonchev–Trinajstić information content (AvgIpc) is 2.03. The molecule has 1 atom stereocenters. The van der Waals surface area contributed by atoms with Gasteiger partial charge in [-0.3, -0.25) is 4.79 Å². The highest BCUT2D eigenvalue weighted by molar-refractivity contribution is 6.29. The van der Waals surface area contributed by atoms with Gasteiger partial charge in [0.25, 0.3) is 0 Å². The maximum Gasteiger partial charge on any atom is 0.324 e. The molecule has 3 heteroatoms. The predicted octanol–water partition coefficient (Wildman–Crippen LogP) is 2.29. The fraction of sp³-hybridized carbons (Fsp3) is 0.444. The second-order valence-corrected chi connectivity index (χ2v) is 2.85. The van der Waals surface area contributed by atoms with Crippen molar-refractivity contribution in [1.82, 2.24) is 0 Å². The zero-order valence-corrected chi connectivity index (χ0v) is 8.04. The maximum atomic E-state index is 10.8. The zero-order chi connectivity index (χ0) is 9.40. The summed E-state index contributed by atoms with van der Waals surface area (Å²) in [5, 5.41) is -0.569. The van der Waals surface area contributed by atoms with Crippen LogP contribution < -0.4 is 0 Å². The van der Waals surface area contributed by atoms with Crippen LogP contribution in [0.1, 0.15) is 13.8 Å². The second kappa shape index (κ2) is 6.92. The lowest BCUT2D eigenvalue weighted by molar-refractivity contribution is -0.141. The Morgan fingerprint density at radius 2 is 2.25 bits per heavy atom. The van der Waals surface area contributed by atoms with Gasteiger partial charge in [-0.05, 0) is 19.9 Å². The highest BCUT2D eigenvalue weighted by Crippen LogP contribution is 1.96. The molecule has 0 spiro atoms. The smallest absolute Gasteiger partial charge is 0.324 e. The van der Waals surface area contributed by atoms with Gasteiger partial charge in [-0.25, -0.2) is 0 Å². The Hall–Kier alpha value is -0.760. The van der Waals surface area contributed by atoms with E-state index in [0.29, 0.717) is 0 Å². The highest BCUT2D eigenvalue weighted by Gasteiger charge is 2.08. The molecule has 0 aliphatic carbocycles. The summed E-state index contributed by atoms with van der Waals surface area (Å²) in [5.41, 5.74) is 0. The third kappa shape index (κ3) is 5.98. The van der Waals surface area contributed by atoms with Crippen LogP contribution in [-0.4, -0.2) is 18.0 Å². The van der Waals surface area contributed by atoms with Gasteiger partial charge in [0.15, 0.2) is 0 Å². The topological polar surface area (TPSA) is 26.3 Å². The quantitative estimate of drug-likeness (QED) is 0.385. The van der Waals surface area contributed by atoms with Crippen LogP contribution in [0.4, 0.5) is 0 Å². The molecule has 0 heterocycles. The minimum Gasteiger partial charge on any atom is -0.460 e. The van der Waals surface area contributed by atoms with Crippen molar-refractivity contribution in [3.05, 3.63) is 24.3 Å². The number of hydrogen-bond donors (Lipinski definition) is 0. The fourth-order valence-corrected chi connectivity index (χ4v) is 0.553. The first-order valence-corrected chi connectivity index (χ1v) is 4.20. The number of hydrogen-bond acceptors (Lipinski definition) is 2. The number of esters is 1. The van der Waals surface area contributed by atoms with Gasteiger partial charge in [-0.2, -0.15) is 0 Å². The first-order chi connectivity index (χ1) is 5.68. The van der Waals surface area contributed by atoms with Crippen molar-refractivity contribution in [2.45, 2.75) is 19.2 Å². The van der Waals surface area contributed by atoms with Crippen LogP contribution in [0.3, 0.4) is 0 Å². The van der Waals surface area contributed by atoms with Crippen LogP contribution in [0.15, 0.2) is 24.3 Å². The van der Waals surface area contributed by atoms with E-state index in [2.05, 4.69) is 0 Å². The van der Waals surface area contributed by atoms with Crippen LogP contribution >= 0.6 is 11.6 Å². The van der Waals surface area contributed by atoms with E-state index < -0.39 is 5.38 Å². The number of allylic oxidation sites excluding steroid dienone is 3. The summed E-state index contributed by atoms with van der Waals surface area (Å²) in [6.07, 6.45) is 7.31. The standard InChI is InChI=1S/C9H13ClO2/c1-3-4-5-6-7-12-9(11)8(2)10/h3-6,8H,7H2,1-2H3/b4-3+,6-5-/t8-/m1/s1. The maximum absolute atomic E-state index is 10.8. The molecular formula is C9H13ClO2. The molecule has 0 fully saturated rings. The number of ether oxygens (including phenoxy) is 1. The van der Waals surface area contributed by atoms with Gasteiger partial charge < -0.3 is 4.74 Å². The number of halogens is 1. The predicted molar refractivity (Wildman–Crippen MR) is 50.2 cm³/mol. The SMILES string of the molecule is C/C=C/C=C\COC(=O)[C@@H](C)Cl. The van der Waals surface area contributed by atoms with E-state index in [0.717, 1.165) is 0 Å². The molecule has 0 amide bonds. The molecule has 2 nitrogen and oxygen atoms in total. The van der Waals surface area contributed by atoms with Crippen LogP contribution in [0, 0.1) is 0 Å². The zero-order valence-electron chi connectivity index (χ0n) is 7.29. The molecular weight excluding hydrogens is 176 g/mol. The molecule has 68 valence electrons. The fourth-order valence-electron chi connectivity index (χ4n) is 0.490. The molecule has 0 aromatic rings. The monoisotopic (exact) mass is 188 g/mol. The number of rotatable bonds is 4. The number of carbonyl (C=O) groups excluding carboxylic acids is 1. The summed E-state index contributed by atoms with van der Waals surface area (Å²) in [5.74, 6) is -0.387. The normalized spacial score (nSPS) is 13.9. The summed E-state index contributed by atoms with van der Waals surface area (Å²) in [4.78, 5) is 10.8. The van der Waals surface area contributed by atoms with Crippen LogP contribution in [-0.2, 0) is 9.53 Å². The van der Waals surface area contributed by atoms with Gasteiger partial charge >= 0.3 is 5.97 Å². The molecule has 0 unspecified atom stereocenters. The molecule has 0 aromatic heterocycles. The molecule has 0 bridgehead atoms. The summed E-state index contributed by atoms with van der Waals surface area (Å²) >= 11 is 5.46. The molecule has 0 aliphatic heterocycles. The van der Waals surface area contributed by atoms with E-state index in [1.54, 1.807) is 13.0 Å². The molecule has 0 rings (SSSR count). The van der Waals surface area contributed by atoms with Gasteiger partial charge in [0, 0.05) is 0 Å². The number of alkyl halides is 1. The van der Waals surface area contributed by atoms with E-state index in [1.165, 1.54) is 0 Å². The van der Waals surface area contributed by atoms with E-state index in [1.807, 2.05) is 25.2 Å². The van der Waals surface area contributed by atoms with Crippen molar-refractivity contribution in [2.24, 2.45) is 0 Å². The Morgan fingerprint density at radius 1 is 1.58 bits per heavy atom. The lowest BCUT2D eigenvalue weighted by Gasteiger charge is -2.01. The van der Waals surface area contributed by atoms with Gasteiger partial charge in [-0.15, -0.1) is 11.6 Å². The van der Waals surface area contributed by atoms with E-state index in [4.69, 9.17) is 16.3 Å². The Morgan fingerprint density at radius 3 is 2.75 bits per heavy atom. The van der Waals surface area contributed by atoms with Crippen molar-refractivity contribution >= 4 is 17.6 Å². The van der Waals surface area contributed by atoms with E-state index in [9.17, 15) is 4.79 Å². The summed E-state index contributed by atoms with van der Waals surface area (Å²) in [6.45, 7) is 3.77. The average molecular weight is 189 g/mol. The molecule has 0 saturated heterocycles. The van der Waals surface area contributed by atoms with Crippen molar-refractivity contribution in [1.29, 1.82) is 0 Å². The molecule has 0 aliphatic rings. The van der Waals surface area contributed by atoms with Gasteiger partial charge in [-0.1, -0.05) is 18.2 Å². The second-order valence-electron chi connectivity index (χ2n) is 2.20. The third-order valence-electron chi connectivity index (χ3n) is 1.09. The first kappa shape index (κ1) is 11.2. The van der Waals surface area contributed by atoms with Crippen LogP contribution in [0.5, 0.6) is 0 Å². The van der Waals surface area contributed by atoms with Crippen molar-refractivity contribution < 1.29 is 9.53 Å². The summed E-state index contributed by atoms with van der Waals surface area (Å²) in [6, 6.07) is 0. The van der Waals surface area contributed by atoms with Crippen LogP contribution in [0.25, 0.3) is 0 Å². The minimum atomic E-state index is -0.569.